The molecule has 1 saturated carbocycles. The highest BCUT2D eigenvalue weighted by Gasteiger charge is 2.36. The minimum absolute atomic E-state index is 0.0288. The van der Waals surface area contributed by atoms with E-state index in [0.29, 0.717) is 13.0 Å². The molecule has 3 heteroatoms. The smallest absolute Gasteiger partial charge is 0.316 e. The first-order valence-electron chi connectivity index (χ1n) is 6.02. The van der Waals surface area contributed by atoms with Gasteiger partial charge >= 0.3 is 5.97 Å². The molecule has 0 aromatic rings. The molecule has 3 nitrogen and oxygen atoms in total. The molecule has 0 aromatic carbocycles. The number of rotatable bonds is 5. The lowest BCUT2D eigenvalue weighted by atomic mass is 9.78. The number of ether oxygens (including phenoxy) is 1. The maximum absolute atomic E-state index is 12.0. The summed E-state index contributed by atoms with van der Waals surface area (Å²) in [4.78, 5) is 23.6. The van der Waals surface area contributed by atoms with Gasteiger partial charge in [0.1, 0.15) is 11.7 Å². The Morgan fingerprint density at radius 3 is 2.94 bits per heavy atom. The van der Waals surface area contributed by atoms with Gasteiger partial charge in [-0.3, -0.25) is 9.59 Å². The van der Waals surface area contributed by atoms with Crippen molar-refractivity contribution in [1.29, 1.82) is 0 Å². The lowest BCUT2D eigenvalue weighted by Crippen LogP contribution is -2.34. The summed E-state index contributed by atoms with van der Waals surface area (Å²) < 4.78 is 4.92. The SMILES string of the molecule is C=CCC[C@H]1CCC[C@H](C(=O)OCC)C1=O. The number of allylic oxidation sites excluding steroid dienone is 1. The van der Waals surface area contributed by atoms with Crippen LogP contribution in [-0.4, -0.2) is 18.4 Å². The molecule has 1 aliphatic carbocycles. The van der Waals surface area contributed by atoms with Crippen molar-refractivity contribution in [3.05, 3.63) is 12.7 Å². The van der Waals surface area contributed by atoms with E-state index in [1.54, 1.807) is 6.92 Å². The number of ketones is 1. The van der Waals surface area contributed by atoms with E-state index >= 15 is 0 Å². The van der Waals surface area contributed by atoms with Crippen LogP contribution in [0, 0.1) is 11.8 Å². The van der Waals surface area contributed by atoms with Crippen LogP contribution in [0.3, 0.4) is 0 Å². The Balaban J connectivity index is 2.56. The maximum Gasteiger partial charge on any atom is 0.316 e. The topological polar surface area (TPSA) is 43.4 Å². The molecular weight excluding hydrogens is 204 g/mol. The first-order valence-corrected chi connectivity index (χ1v) is 6.02. The number of carbonyl (C=O) groups excluding carboxylic acids is 2. The van der Waals surface area contributed by atoms with Crippen LogP contribution in [0.5, 0.6) is 0 Å². The summed E-state index contributed by atoms with van der Waals surface area (Å²) in [6.07, 6.45) is 5.98. The van der Waals surface area contributed by atoms with Gasteiger partial charge < -0.3 is 4.74 Å². The number of carbonyl (C=O) groups is 2. The van der Waals surface area contributed by atoms with E-state index in [4.69, 9.17) is 4.74 Å². The van der Waals surface area contributed by atoms with E-state index in [9.17, 15) is 9.59 Å². The van der Waals surface area contributed by atoms with E-state index in [1.807, 2.05) is 6.08 Å². The molecule has 0 N–H and O–H groups in total. The van der Waals surface area contributed by atoms with Gasteiger partial charge in [0.2, 0.25) is 0 Å². The average Bonchev–Trinajstić information content (AvgIpc) is 2.28. The third-order valence-corrected chi connectivity index (χ3v) is 3.08. The molecule has 2 atom stereocenters. The molecule has 0 saturated heterocycles. The van der Waals surface area contributed by atoms with Gasteiger partial charge in [-0.25, -0.2) is 0 Å². The van der Waals surface area contributed by atoms with Gasteiger partial charge in [0, 0.05) is 5.92 Å². The van der Waals surface area contributed by atoms with Crippen molar-refractivity contribution in [2.75, 3.05) is 6.61 Å². The zero-order valence-corrected chi connectivity index (χ0v) is 9.91. The molecule has 1 fully saturated rings. The van der Waals surface area contributed by atoms with Crippen LogP contribution in [0.4, 0.5) is 0 Å². The van der Waals surface area contributed by atoms with Gasteiger partial charge in [-0.15, -0.1) is 6.58 Å². The lowest BCUT2D eigenvalue weighted by Gasteiger charge is -2.26. The van der Waals surface area contributed by atoms with E-state index in [0.717, 1.165) is 25.7 Å². The third-order valence-electron chi connectivity index (χ3n) is 3.08. The van der Waals surface area contributed by atoms with Crippen molar-refractivity contribution in [3.8, 4) is 0 Å². The minimum Gasteiger partial charge on any atom is -0.465 e. The fraction of sp³-hybridized carbons (Fsp3) is 0.692. The van der Waals surface area contributed by atoms with E-state index in [-0.39, 0.29) is 17.7 Å². The Bertz CT molecular complexity index is 270. The van der Waals surface area contributed by atoms with Crippen molar-refractivity contribution >= 4 is 11.8 Å². The quantitative estimate of drug-likeness (QED) is 0.409. The zero-order valence-electron chi connectivity index (χ0n) is 9.91. The molecule has 0 aromatic heterocycles. The van der Waals surface area contributed by atoms with Crippen LogP contribution in [0.15, 0.2) is 12.7 Å². The molecule has 0 aliphatic heterocycles. The number of Topliss-reactive ketones (excluding diaryl/α,β-unsaturated/α-hetero) is 1. The summed E-state index contributed by atoms with van der Waals surface area (Å²) in [7, 11) is 0. The minimum atomic E-state index is -0.511. The van der Waals surface area contributed by atoms with E-state index in [2.05, 4.69) is 6.58 Å². The largest absolute Gasteiger partial charge is 0.465 e. The van der Waals surface area contributed by atoms with Gasteiger partial charge in [0.05, 0.1) is 6.61 Å². The van der Waals surface area contributed by atoms with Crippen molar-refractivity contribution in [2.45, 2.75) is 39.0 Å². The maximum atomic E-state index is 12.0. The lowest BCUT2D eigenvalue weighted by molar-refractivity contribution is -0.154. The molecule has 0 unspecified atom stereocenters. The molecular formula is C13H20O3. The summed E-state index contributed by atoms with van der Waals surface area (Å²) in [5, 5.41) is 0. The second kappa shape index (κ2) is 6.46. The van der Waals surface area contributed by atoms with Crippen LogP contribution >= 0.6 is 0 Å². The molecule has 1 aliphatic rings. The monoisotopic (exact) mass is 224 g/mol. The first kappa shape index (κ1) is 12.9. The Morgan fingerprint density at radius 1 is 1.56 bits per heavy atom. The van der Waals surface area contributed by atoms with Crippen molar-refractivity contribution < 1.29 is 14.3 Å². The van der Waals surface area contributed by atoms with Crippen molar-refractivity contribution in [1.82, 2.24) is 0 Å². The summed E-state index contributed by atoms with van der Waals surface area (Å²) in [5.41, 5.74) is 0. The standard InChI is InChI=1S/C13H20O3/c1-3-5-7-10-8-6-9-11(12(10)14)13(15)16-4-2/h3,10-11H,1,4-9H2,2H3/t10-,11-/m0/s1. The fourth-order valence-corrected chi connectivity index (χ4v) is 2.22. The second-order valence-electron chi connectivity index (χ2n) is 4.20. The number of hydrogen-bond acceptors (Lipinski definition) is 3. The zero-order chi connectivity index (χ0) is 12.0. The molecule has 0 amide bonds. The van der Waals surface area contributed by atoms with Gasteiger partial charge in [-0.05, 0) is 32.6 Å². The van der Waals surface area contributed by atoms with Gasteiger partial charge in [-0.1, -0.05) is 12.5 Å². The van der Waals surface area contributed by atoms with Gasteiger partial charge in [-0.2, -0.15) is 0 Å². The Kier molecular flexibility index (Phi) is 5.23. The van der Waals surface area contributed by atoms with Crippen LogP contribution < -0.4 is 0 Å². The summed E-state index contributed by atoms with van der Waals surface area (Å²) in [6.45, 7) is 5.76. The molecule has 0 radical (unpaired) electrons. The van der Waals surface area contributed by atoms with Crippen LogP contribution in [0.2, 0.25) is 0 Å². The van der Waals surface area contributed by atoms with E-state index in [1.165, 1.54) is 0 Å². The Morgan fingerprint density at radius 2 is 2.31 bits per heavy atom. The highest BCUT2D eigenvalue weighted by molar-refractivity contribution is 6.00. The highest BCUT2D eigenvalue weighted by atomic mass is 16.5. The summed E-state index contributed by atoms with van der Waals surface area (Å²) in [5.74, 6) is -0.743. The molecule has 0 bridgehead atoms. The highest BCUT2D eigenvalue weighted by Crippen LogP contribution is 2.29. The molecule has 0 spiro atoms. The molecule has 16 heavy (non-hydrogen) atoms. The third kappa shape index (κ3) is 3.19. The Hall–Kier alpha value is -1.12. The van der Waals surface area contributed by atoms with Crippen LogP contribution in [0.25, 0.3) is 0 Å². The van der Waals surface area contributed by atoms with Gasteiger partial charge in [0.25, 0.3) is 0 Å². The number of esters is 1. The first-order chi connectivity index (χ1) is 7.70. The fourth-order valence-electron chi connectivity index (χ4n) is 2.22. The molecule has 0 heterocycles. The van der Waals surface area contributed by atoms with Gasteiger partial charge in [0.15, 0.2) is 0 Å². The van der Waals surface area contributed by atoms with Crippen molar-refractivity contribution in [2.24, 2.45) is 11.8 Å². The number of hydrogen-bond donors (Lipinski definition) is 0. The molecule has 90 valence electrons. The second-order valence-corrected chi connectivity index (χ2v) is 4.20. The van der Waals surface area contributed by atoms with E-state index < -0.39 is 5.92 Å². The van der Waals surface area contributed by atoms with Crippen LogP contribution in [0.1, 0.15) is 39.0 Å². The van der Waals surface area contributed by atoms with Crippen molar-refractivity contribution in [3.63, 3.8) is 0 Å². The predicted molar refractivity (Wildman–Crippen MR) is 61.9 cm³/mol. The van der Waals surface area contributed by atoms with Crippen LogP contribution in [-0.2, 0) is 14.3 Å². The summed E-state index contributed by atoms with van der Waals surface area (Å²) in [6, 6.07) is 0. The molecule has 1 rings (SSSR count). The normalized spacial score (nSPS) is 25.2. The predicted octanol–water partition coefficient (Wildman–Crippen LogP) is 2.50. The summed E-state index contributed by atoms with van der Waals surface area (Å²) >= 11 is 0. The Labute approximate surface area is 96.9 Å². The average molecular weight is 224 g/mol.